The van der Waals surface area contributed by atoms with Crippen molar-refractivity contribution in [2.24, 2.45) is 5.92 Å². The minimum atomic E-state index is -1.07. The molecule has 180 valence electrons. The predicted molar refractivity (Wildman–Crippen MR) is 143 cm³/mol. The number of carboxylic acids is 1. The summed E-state index contributed by atoms with van der Waals surface area (Å²) in [6, 6.07) is 18.8. The maximum atomic E-state index is 12.5. The van der Waals surface area contributed by atoms with E-state index >= 15 is 0 Å². The average Bonchev–Trinajstić information content (AvgIpc) is 3.25. The Kier molecular flexibility index (Phi) is 6.02. The zero-order valence-corrected chi connectivity index (χ0v) is 20.9. The summed E-state index contributed by atoms with van der Waals surface area (Å²) < 4.78 is 6.15. The quantitative estimate of drug-likeness (QED) is 0.424. The second-order valence-corrected chi connectivity index (χ2v) is 10.6. The summed E-state index contributed by atoms with van der Waals surface area (Å²) >= 11 is 0. The lowest BCUT2D eigenvalue weighted by molar-refractivity contribution is -0.160. The third-order valence-electron chi connectivity index (χ3n) is 6.96. The van der Waals surface area contributed by atoms with E-state index in [4.69, 9.17) is 4.74 Å². The van der Waals surface area contributed by atoms with Crippen LogP contribution in [-0.4, -0.2) is 23.2 Å². The van der Waals surface area contributed by atoms with Gasteiger partial charge in [-0.05, 0) is 86.2 Å². The van der Waals surface area contributed by atoms with Gasteiger partial charge in [-0.1, -0.05) is 54.6 Å². The number of hydrogen-bond donors (Lipinski definition) is 1. The number of hydrogen-bond acceptors (Lipinski definition) is 3. The number of ether oxygens (including phenoxy) is 1. The Hall–Kier alpha value is -3.37. The van der Waals surface area contributed by atoms with Crippen LogP contribution in [0.25, 0.3) is 21.9 Å². The molecular weight excluding hydrogens is 434 g/mol. The number of carbonyl (C=O) groups is 1. The van der Waals surface area contributed by atoms with E-state index in [0.29, 0.717) is 5.92 Å². The van der Waals surface area contributed by atoms with Gasteiger partial charge in [0.05, 0.1) is 5.60 Å². The van der Waals surface area contributed by atoms with Crippen molar-refractivity contribution in [2.75, 3.05) is 11.4 Å². The van der Waals surface area contributed by atoms with E-state index in [0.717, 1.165) is 58.1 Å². The molecule has 0 spiro atoms. The number of benzene rings is 3. The predicted octanol–water partition coefficient (Wildman–Crippen LogP) is 7.43. The topological polar surface area (TPSA) is 49.8 Å². The first-order valence-electron chi connectivity index (χ1n) is 12.4. The van der Waals surface area contributed by atoms with Gasteiger partial charge in [-0.15, -0.1) is 0 Å². The molecule has 0 bridgehead atoms. The SMILES string of the molecule is Cc1cc2ccccc2c(-c2cccc(N3CCC4CC=CC=C43)c2)c1C(OC(C)(C)C)C(=O)O. The van der Waals surface area contributed by atoms with Gasteiger partial charge in [-0.25, -0.2) is 4.79 Å². The van der Waals surface area contributed by atoms with E-state index in [2.05, 4.69) is 65.6 Å². The molecule has 4 nitrogen and oxygen atoms in total. The Morgan fingerprint density at radius 2 is 1.91 bits per heavy atom. The lowest BCUT2D eigenvalue weighted by Gasteiger charge is -2.29. The second kappa shape index (κ2) is 9.01. The number of rotatable bonds is 5. The highest BCUT2D eigenvalue weighted by molar-refractivity contribution is 6.01. The van der Waals surface area contributed by atoms with Gasteiger partial charge in [-0.3, -0.25) is 0 Å². The first-order chi connectivity index (χ1) is 16.7. The summed E-state index contributed by atoms with van der Waals surface area (Å²) in [5.74, 6) is -0.396. The van der Waals surface area contributed by atoms with E-state index in [1.165, 1.54) is 5.70 Å². The fourth-order valence-corrected chi connectivity index (χ4v) is 5.50. The van der Waals surface area contributed by atoms with Gasteiger partial charge >= 0.3 is 5.97 Å². The standard InChI is InChI=1S/C31H33NO3/c1-20-18-22-11-5-7-14-25(22)28(27(20)29(30(33)34)35-31(2,3)4)23-12-9-13-24(19-23)32-17-16-21-10-6-8-15-26(21)32/h5-9,11-15,18-19,21,29H,10,16-17H2,1-4H3,(H,33,34). The number of fused-ring (bicyclic) bond motifs is 2. The summed E-state index contributed by atoms with van der Waals surface area (Å²) in [5.41, 5.74) is 5.50. The summed E-state index contributed by atoms with van der Waals surface area (Å²) in [5, 5.41) is 12.4. The van der Waals surface area contributed by atoms with E-state index in [1.54, 1.807) is 0 Å². The summed E-state index contributed by atoms with van der Waals surface area (Å²) in [7, 11) is 0. The third kappa shape index (κ3) is 4.51. The Labute approximate surface area is 207 Å². The number of anilines is 1. The smallest absolute Gasteiger partial charge is 0.337 e. The van der Waals surface area contributed by atoms with Crippen LogP contribution in [0.4, 0.5) is 5.69 Å². The van der Waals surface area contributed by atoms with Crippen molar-refractivity contribution in [3.63, 3.8) is 0 Å². The molecule has 1 N–H and O–H groups in total. The Bertz CT molecular complexity index is 1350. The van der Waals surface area contributed by atoms with Crippen molar-refractivity contribution in [3.8, 4) is 11.1 Å². The number of aryl methyl sites for hydroxylation is 1. The van der Waals surface area contributed by atoms with Crippen LogP contribution in [0.1, 0.15) is 50.8 Å². The van der Waals surface area contributed by atoms with Crippen LogP contribution < -0.4 is 4.90 Å². The highest BCUT2D eigenvalue weighted by Gasteiger charge is 2.32. The van der Waals surface area contributed by atoms with Gasteiger partial charge in [0.25, 0.3) is 0 Å². The zero-order valence-electron chi connectivity index (χ0n) is 20.9. The molecule has 0 saturated carbocycles. The molecule has 0 amide bonds. The van der Waals surface area contributed by atoms with E-state index in [-0.39, 0.29) is 0 Å². The van der Waals surface area contributed by atoms with Crippen molar-refractivity contribution in [2.45, 2.75) is 52.2 Å². The molecule has 1 aliphatic carbocycles. The summed E-state index contributed by atoms with van der Waals surface area (Å²) in [6.07, 6.45) is 7.82. The highest BCUT2D eigenvalue weighted by Crippen LogP contribution is 2.43. The molecule has 1 fully saturated rings. The minimum Gasteiger partial charge on any atom is -0.479 e. The highest BCUT2D eigenvalue weighted by atomic mass is 16.5. The fourth-order valence-electron chi connectivity index (χ4n) is 5.50. The van der Waals surface area contributed by atoms with Crippen molar-refractivity contribution in [1.29, 1.82) is 0 Å². The summed E-state index contributed by atoms with van der Waals surface area (Å²) in [4.78, 5) is 14.9. The molecule has 1 aliphatic heterocycles. The van der Waals surface area contributed by atoms with Crippen LogP contribution in [0.3, 0.4) is 0 Å². The van der Waals surface area contributed by atoms with Gasteiger partial charge < -0.3 is 14.7 Å². The van der Waals surface area contributed by atoms with Gasteiger partial charge in [0.1, 0.15) is 0 Å². The Morgan fingerprint density at radius 1 is 1.11 bits per heavy atom. The van der Waals surface area contributed by atoms with Crippen LogP contribution in [-0.2, 0) is 9.53 Å². The van der Waals surface area contributed by atoms with Gasteiger partial charge in [-0.2, -0.15) is 0 Å². The molecule has 3 aromatic carbocycles. The molecule has 4 heteroatoms. The molecule has 5 rings (SSSR count). The molecule has 0 radical (unpaired) electrons. The lowest BCUT2D eigenvalue weighted by atomic mass is 9.87. The van der Waals surface area contributed by atoms with E-state index in [9.17, 15) is 9.90 Å². The molecule has 3 aromatic rings. The Morgan fingerprint density at radius 3 is 2.69 bits per heavy atom. The van der Waals surface area contributed by atoms with Crippen LogP contribution >= 0.6 is 0 Å². The van der Waals surface area contributed by atoms with Crippen LogP contribution in [0.15, 0.2) is 78.5 Å². The molecule has 1 heterocycles. The number of allylic oxidation sites excluding steroid dienone is 4. The third-order valence-corrected chi connectivity index (χ3v) is 6.96. The molecule has 1 saturated heterocycles. The van der Waals surface area contributed by atoms with Crippen molar-refractivity contribution in [1.82, 2.24) is 0 Å². The normalized spacial score (nSPS) is 18.5. The van der Waals surface area contributed by atoms with Gasteiger partial charge in [0.2, 0.25) is 0 Å². The van der Waals surface area contributed by atoms with Crippen LogP contribution in [0.5, 0.6) is 0 Å². The van der Waals surface area contributed by atoms with Crippen molar-refractivity contribution in [3.05, 3.63) is 89.6 Å². The molecule has 2 atom stereocenters. The monoisotopic (exact) mass is 467 g/mol. The first-order valence-corrected chi connectivity index (χ1v) is 12.4. The number of aliphatic carboxylic acids is 1. The molecule has 0 aromatic heterocycles. The molecule has 35 heavy (non-hydrogen) atoms. The minimum absolute atomic E-state index is 0.579. The average molecular weight is 468 g/mol. The van der Waals surface area contributed by atoms with Crippen LogP contribution in [0, 0.1) is 12.8 Å². The van der Waals surface area contributed by atoms with E-state index in [1.807, 2.05) is 39.8 Å². The fraction of sp³-hybridized carbons (Fsp3) is 0.323. The number of nitrogens with zero attached hydrogens (tertiary/aromatic N) is 1. The lowest BCUT2D eigenvalue weighted by Crippen LogP contribution is -2.28. The van der Waals surface area contributed by atoms with E-state index < -0.39 is 17.7 Å². The molecule has 2 unspecified atom stereocenters. The summed E-state index contributed by atoms with van der Waals surface area (Å²) in [6.45, 7) is 8.68. The Balaban J connectivity index is 1.71. The second-order valence-electron chi connectivity index (χ2n) is 10.6. The largest absolute Gasteiger partial charge is 0.479 e. The maximum Gasteiger partial charge on any atom is 0.337 e. The number of carboxylic acid groups (broad SMARTS) is 1. The van der Waals surface area contributed by atoms with Gasteiger partial charge in [0.15, 0.2) is 6.10 Å². The van der Waals surface area contributed by atoms with Crippen molar-refractivity contribution < 1.29 is 14.6 Å². The zero-order chi connectivity index (χ0) is 24.7. The maximum absolute atomic E-state index is 12.5. The van der Waals surface area contributed by atoms with Crippen molar-refractivity contribution >= 4 is 22.4 Å². The first kappa shape index (κ1) is 23.4. The molecular formula is C31H33NO3. The van der Waals surface area contributed by atoms with Gasteiger partial charge in [0, 0.05) is 29.4 Å². The van der Waals surface area contributed by atoms with Crippen LogP contribution in [0.2, 0.25) is 0 Å². The molecule has 2 aliphatic rings.